The Morgan fingerprint density at radius 2 is 2.00 bits per heavy atom. The molecule has 3 rings (SSSR count). The predicted molar refractivity (Wildman–Crippen MR) is 89.9 cm³/mol. The molecular formula is C18H21ClN2. The molecule has 3 heteroatoms. The van der Waals surface area contributed by atoms with Crippen molar-refractivity contribution < 1.29 is 0 Å². The fraction of sp³-hybridized carbons (Fsp3) is 0.333. The minimum Gasteiger partial charge on any atom is -0.385 e. The van der Waals surface area contributed by atoms with Crippen LogP contribution in [0.3, 0.4) is 0 Å². The molecule has 0 radical (unpaired) electrons. The number of nitrogens with zero attached hydrogens (tertiary/aromatic N) is 1. The van der Waals surface area contributed by atoms with Gasteiger partial charge in [0.1, 0.15) is 0 Å². The van der Waals surface area contributed by atoms with Crippen LogP contribution in [0.15, 0.2) is 42.5 Å². The highest BCUT2D eigenvalue weighted by Gasteiger charge is 2.10. The van der Waals surface area contributed by atoms with Crippen molar-refractivity contribution in [3.63, 3.8) is 0 Å². The number of anilines is 1. The summed E-state index contributed by atoms with van der Waals surface area (Å²) in [6.07, 6.45) is 2.41. The van der Waals surface area contributed by atoms with Gasteiger partial charge in [0.15, 0.2) is 0 Å². The van der Waals surface area contributed by atoms with Gasteiger partial charge < -0.3 is 5.32 Å². The first-order valence-corrected chi connectivity index (χ1v) is 7.88. The number of rotatable bonds is 4. The normalized spacial score (nSPS) is 13.9. The van der Waals surface area contributed by atoms with Gasteiger partial charge in [0.05, 0.1) is 0 Å². The Morgan fingerprint density at radius 3 is 2.86 bits per heavy atom. The van der Waals surface area contributed by atoms with Crippen LogP contribution in [0.1, 0.15) is 23.1 Å². The smallest absolute Gasteiger partial charge is 0.0451 e. The van der Waals surface area contributed by atoms with E-state index in [1.807, 2.05) is 18.2 Å². The van der Waals surface area contributed by atoms with Crippen LogP contribution in [0.25, 0.3) is 0 Å². The van der Waals surface area contributed by atoms with Crippen LogP contribution in [-0.4, -0.2) is 18.5 Å². The molecule has 110 valence electrons. The Hall–Kier alpha value is -1.51. The maximum atomic E-state index is 6.23. The van der Waals surface area contributed by atoms with Crippen molar-refractivity contribution >= 4 is 17.3 Å². The van der Waals surface area contributed by atoms with Gasteiger partial charge in [-0.25, -0.2) is 0 Å². The molecule has 0 fully saturated rings. The largest absolute Gasteiger partial charge is 0.385 e. The zero-order valence-corrected chi connectivity index (χ0v) is 13.2. The minimum absolute atomic E-state index is 0.846. The molecule has 0 bridgehead atoms. The lowest BCUT2D eigenvalue weighted by molar-refractivity contribution is 0.319. The quantitative estimate of drug-likeness (QED) is 0.904. The first kappa shape index (κ1) is 14.4. The molecule has 0 aliphatic carbocycles. The van der Waals surface area contributed by atoms with E-state index in [0.717, 1.165) is 24.7 Å². The van der Waals surface area contributed by atoms with Gasteiger partial charge in [-0.15, -0.1) is 0 Å². The lowest BCUT2D eigenvalue weighted by Gasteiger charge is -2.21. The second kappa shape index (κ2) is 6.50. The highest BCUT2D eigenvalue weighted by molar-refractivity contribution is 6.31. The van der Waals surface area contributed by atoms with Gasteiger partial charge in [0, 0.05) is 30.3 Å². The Morgan fingerprint density at radius 1 is 1.14 bits per heavy atom. The molecule has 0 unspecified atom stereocenters. The van der Waals surface area contributed by atoms with Crippen molar-refractivity contribution in [2.24, 2.45) is 0 Å². The van der Waals surface area contributed by atoms with Gasteiger partial charge in [-0.1, -0.05) is 41.9 Å². The standard InChI is InChI=1S/C18H21ClN2/c1-21(13-16-5-2-3-7-17(16)19)12-14-8-9-18-15(11-14)6-4-10-20-18/h2-3,5,7-9,11,20H,4,6,10,12-13H2,1H3. The van der Waals surface area contributed by atoms with Crippen molar-refractivity contribution in [1.29, 1.82) is 0 Å². The maximum absolute atomic E-state index is 6.23. The molecule has 1 aliphatic heterocycles. The van der Waals surface area contributed by atoms with E-state index in [2.05, 4.69) is 41.5 Å². The number of hydrogen-bond donors (Lipinski definition) is 1. The fourth-order valence-corrected chi connectivity index (χ4v) is 3.11. The van der Waals surface area contributed by atoms with Gasteiger partial charge in [0.2, 0.25) is 0 Å². The SMILES string of the molecule is CN(Cc1ccc2c(c1)CCCN2)Cc1ccccc1Cl. The first-order chi connectivity index (χ1) is 10.2. The van der Waals surface area contributed by atoms with E-state index in [4.69, 9.17) is 11.6 Å². The number of fused-ring (bicyclic) bond motifs is 1. The van der Waals surface area contributed by atoms with Crippen LogP contribution in [0.4, 0.5) is 5.69 Å². The van der Waals surface area contributed by atoms with Crippen LogP contribution in [0, 0.1) is 0 Å². The van der Waals surface area contributed by atoms with E-state index in [1.54, 1.807) is 0 Å². The summed E-state index contributed by atoms with van der Waals surface area (Å²) in [4.78, 5) is 2.30. The predicted octanol–water partition coefficient (Wildman–Crippen LogP) is 4.33. The first-order valence-electron chi connectivity index (χ1n) is 7.50. The van der Waals surface area contributed by atoms with E-state index in [-0.39, 0.29) is 0 Å². The summed E-state index contributed by atoms with van der Waals surface area (Å²) in [5.74, 6) is 0. The molecule has 1 heterocycles. The molecule has 1 aliphatic rings. The van der Waals surface area contributed by atoms with Crippen molar-refractivity contribution in [3.8, 4) is 0 Å². The number of nitrogens with one attached hydrogen (secondary N) is 1. The lowest BCUT2D eigenvalue weighted by Crippen LogP contribution is -2.18. The highest BCUT2D eigenvalue weighted by atomic mass is 35.5. The van der Waals surface area contributed by atoms with Gasteiger partial charge in [-0.05, 0) is 48.7 Å². The number of benzene rings is 2. The third-order valence-corrected chi connectivity index (χ3v) is 4.33. The van der Waals surface area contributed by atoms with Crippen molar-refractivity contribution in [2.75, 3.05) is 18.9 Å². The lowest BCUT2D eigenvalue weighted by atomic mass is 10.0. The highest BCUT2D eigenvalue weighted by Crippen LogP contribution is 2.24. The minimum atomic E-state index is 0.846. The van der Waals surface area contributed by atoms with Crippen molar-refractivity contribution in [2.45, 2.75) is 25.9 Å². The molecule has 2 aromatic rings. The third-order valence-electron chi connectivity index (χ3n) is 3.96. The second-order valence-electron chi connectivity index (χ2n) is 5.79. The van der Waals surface area contributed by atoms with E-state index in [1.165, 1.54) is 35.2 Å². The molecule has 0 saturated heterocycles. The molecule has 1 N–H and O–H groups in total. The van der Waals surface area contributed by atoms with Gasteiger partial charge in [-0.3, -0.25) is 4.90 Å². The molecule has 0 atom stereocenters. The summed E-state index contributed by atoms with van der Waals surface area (Å²) in [7, 11) is 2.14. The van der Waals surface area contributed by atoms with E-state index in [9.17, 15) is 0 Å². The number of hydrogen-bond acceptors (Lipinski definition) is 2. The molecule has 0 spiro atoms. The molecule has 0 aromatic heterocycles. The topological polar surface area (TPSA) is 15.3 Å². The summed E-state index contributed by atoms with van der Waals surface area (Å²) in [5, 5.41) is 4.31. The van der Waals surface area contributed by atoms with Crippen LogP contribution in [0.5, 0.6) is 0 Å². The van der Waals surface area contributed by atoms with E-state index < -0.39 is 0 Å². The zero-order valence-electron chi connectivity index (χ0n) is 12.4. The van der Waals surface area contributed by atoms with Crippen LogP contribution >= 0.6 is 11.6 Å². The molecule has 2 nitrogen and oxygen atoms in total. The third kappa shape index (κ3) is 3.58. The average molecular weight is 301 g/mol. The van der Waals surface area contributed by atoms with Gasteiger partial charge >= 0.3 is 0 Å². The monoisotopic (exact) mass is 300 g/mol. The van der Waals surface area contributed by atoms with E-state index >= 15 is 0 Å². The van der Waals surface area contributed by atoms with Crippen LogP contribution in [0.2, 0.25) is 5.02 Å². The molecule has 0 saturated carbocycles. The Labute approximate surface area is 131 Å². The molecule has 21 heavy (non-hydrogen) atoms. The molecule has 2 aromatic carbocycles. The summed E-state index contributed by atoms with van der Waals surface area (Å²) in [6, 6.07) is 14.8. The average Bonchev–Trinajstić information content (AvgIpc) is 2.49. The maximum Gasteiger partial charge on any atom is 0.0451 e. The summed E-state index contributed by atoms with van der Waals surface area (Å²) in [5.41, 5.74) is 5.30. The second-order valence-corrected chi connectivity index (χ2v) is 6.19. The Kier molecular flexibility index (Phi) is 4.47. The van der Waals surface area contributed by atoms with Crippen molar-refractivity contribution in [3.05, 3.63) is 64.2 Å². The number of aryl methyl sites for hydroxylation is 1. The molecule has 0 amide bonds. The zero-order chi connectivity index (χ0) is 14.7. The van der Waals surface area contributed by atoms with Crippen molar-refractivity contribution in [1.82, 2.24) is 4.90 Å². The van der Waals surface area contributed by atoms with Crippen LogP contribution in [-0.2, 0) is 19.5 Å². The molecular weight excluding hydrogens is 280 g/mol. The summed E-state index contributed by atoms with van der Waals surface area (Å²) in [6.45, 7) is 2.91. The fourth-order valence-electron chi connectivity index (χ4n) is 2.91. The van der Waals surface area contributed by atoms with Crippen LogP contribution < -0.4 is 5.32 Å². The Bertz CT molecular complexity index is 624. The Balaban J connectivity index is 1.67. The summed E-state index contributed by atoms with van der Waals surface area (Å²) >= 11 is 6.23. The number of halogens is 1. The van der Waals surface area contributed by atoms with Gasteiger partial charge in [-0.2, -0.15) is 0 Å². The van der Waals surface area contributed by atoms with E-state index in [0.29, 0.717) is 0 Å². The summed E-state index contributed by atoms with van der Waals surface area (Å²) < 4.78 is 0. The van der Waals surface area contributed by atoms with Gasteiger partial charge in [0.25, 0.3) is 0 Å².